The number of nitrogens with zero attached hydrogens (tertiary/aromatic N) is 4. The van der Waals surface area contributed by atoms with Gasteiger partial charge in [-0.2, -0.15) is 0 Å². The predicted octanol–water partition coefficient (Wildman–Crippen LogP) is 3.41. The summed E-state index contributed by atoms with van der Waals surface area (Å²) in [6.07, 6.45) is 2.68. The Morgan fingerprint density at radius 3 is 2.59 bits per heavy atom. The fraction of sp³-hybridized carbons (Fsp3) is 0.545. The first-order valence-electron chi connectivity index (χ1n) is 10.5. The third kappa shape index (κ3) is 5.14. The van der Waals surface area contributed by atoms with Crippen LogP contribution in [0.5, 0.6) is 0 Å². The van der Waals surface area contributed by atoms with Crippen LogP contribution < -0.4 is 4.90 Å². The Bertz CT molecular complexity index is 826. The fourth-order valence-corrected chi connectivity index (χ4v) is 4.90. The number of amides is 1. The molecule has 1 aromatic heterocycles. The molecule has 2 aliphatic heterocycles. The SMILES string of the molecule is CC1CCN(Cc2csc(N3CCN(C(=O)Cc4ccccc4F)CC3)n2)CC1. The van der Waals surface area contributed by atoms with Crippen LogP contribution in [0.2, 0.25) is 0 Å². The third-order valence-corrected chi connectivity index (χ3v) is 6.95. The minimum absolute atomic E-state index is 0.00564. The van der Waals surface area contributed by atoms with Crippen molar-refractivity contribution in [2.45, 2.75) is 32.7 Å². The maximum Gasteiger partial charge on any atom is 0.227 e. The molecule has 0 bridgehead atoms. The summed E-state index contributed by atoms with van der Waals surface area (Å²) in [7, 11) is 0. The van der Waals surface area contributed by atoms with Crippen molar-refractivity contribution in [3.63, 3.8) is 0 Å². The van der Waals surface area contributed by atoms with Gasteiger partial charge in [0, 0.05) is 38.1 Å². The number of halogens is 1. The molecule has 7 heteroatoms. The summed E-state index contributed by atoms with van der Waals surface area (Å²) in [5, 5.41) is 3.22. The van der Waals surface area contributed by atoms with Gasteiger partial charge in [-0.25, -0.2) is 9.37 Å². The summed E-state index contributed by atoms with van der Waals surface area (Å²) in [6, 6.07) is 6.51. The molecule has 2 saturated heterocycles. The van der Waals surface area contributed by atoms with Crippen LogP contribution in [-0.2, 0) is 17.8 Å². The van der Waals surface area contributed by atoms with Gasteiger partial charge >= 0.3 is 0 Å². The first kappa shape index (κ1) is 20.3. The second-order valence-corrected chi connectivity index (χ2v) is 9.05. The van der Waals surface area contributed by atoms with E-state index < -0.39 is 0 Å². The van der Waals surface area contributed by atoms with Gasteiger partial charge in [-0.3, -0.25) is 9.69 Å². The van der Waals surface area contributed by atoms with Crippen molar-refractivity contribution in [3.05, 3.63) is 46.7 Å². The van der Waals surface area contributed by atoms with E-state index in [4.69, 9.17) is 4.98 Å². The standard InChI is InChI=1S/C22H29FN4OS/c1-17-6-8-25(9-7-17)15-19-16-29-22(24-19)27-12-10-26(11-13-27)21(28)14-18-4-2-3-5-20(18)23/h2-5,16-17H,6-15H2,1H3. The van der Waals surface area contributed by atoms with Gasteiger partial charge < -0.3 is 9.80 Å². The quantitative estimate of drug-likeness (QED) is 0.749. The number of piperidine rings is 1. The summed E-state index contributed by atoms with van der Waals surface area (Å²) >= 11 is 1.69. The highest BCUT2D eigenvalue weighted by atomic mass is 32.1. The van der Waals surface area contributed by atoms with Gasteiger partial charge in [0.15, 0.2) is 5.13 Å². The maximum absolute atomic E-state index is 13.8. The summed E-state index contributed by atoms with van der Waals surface area (Å²) in [5.41, 5.74) is 1.62. The molecule has 2 aromatic rings. The van der Waals surface area contributed by atoms with Crippen LogP contribution in [-0.4, -0.2) is 60.0 Å². The van der Waals surface area contributed by atoms with Gasteiger partial charge in [-0.1, -0.05) is 25.1 Å². The molecule has 0 spiro atoms. The number of hydrogen-bond acceptors (Lipinski definition) is 5. The monoisotopic (exact) mass is 416 g/mol. The number of carbonyl (C=O) groups is 1. The number of thiazole rings is 1. The Labute approximate surface area is 176 Å². The summed E-state index contributed by atoms with van der Waals surface area (Å²) in [5.74, 6) is 0.529. The second-order valence-electron chi connectivity index (χ2n) is 8.22. The van der Waals surface area contributed by atoms with E-state index in [1.165, 1.54) is 18.9 Å². The van der Waals surface area contributed by atoms with E-state index >= 15 is 0 Å². The van der Waals surface area contributed by atoms with Gasteiger partial charge in [0.25, 0.3) is 0 Å². The van der Waals surface area contributed by atoms with Crippen molar-refractivity contribution in [1.29, 1.82) is 0 Å². The molecule has 3 heterocycles. The van der Waals surface area contributed by atoms with Crippen LogP contribution >= 0.6 is 11.3 Å². The summed E-state index contributed by atoms with van der Waals surface area (Å²) in [4.78, 5) is 24.0. The average molecular weight is 417 g/mol. The lowest BCUT2D eigenvalue weighted by atomic mass is 9.99. The van der Waals surface area contributed by atoms with Crippen molar-refractivity contribution in [2.24, 2.45) is 5.92 Å². The molecule has 0 saturated carbocycles. The molecular formula is C22H29FN4OS. The van der Waals surface area contributed by atoms with Crippen molar-refractivity contribution in [1.82, 2.24) is 14.8 Å². The fourth-order valence-electron chi connectivity index (χ4n) is 4.03. The molecule has 0 N–H and O–H groups in total. The highest BCUT2D eigenvalue weighted by molar-refractivity contribution is 7.13. The number of likely N-dealkylation sites (tertiary alicyclic amines) is 1. The lowest BCUT2D eigenvalue weighted by molar-refractivity contribution is -0.130. The van der Waals surface area contributed by atoms with Crippen molar-refractivity contribution < 1.29 is 9.18 Å². The Morgan fingerprint density at radius 1 is 1.14 bits per heavy atom. The number of piperazine rings is 1. The van der Waals surface area contributed by atoms with Crippen molar-refractivity contribution >= 4 is 22.4 Å². The van der Waals surface area contributed by atoms with Gasteiger partial charge in [0.1, 0.15) is 5.82 Å². The zero-order valence-corrected chi connectivity index (χ0v) is 17.8. The Hall–Kier alpha value is -1.99. The normalized spacial score (nSPS) is 19.0. The minimum atomic E-state index is -0.307. The van der Waals surface area contributed by atoms with Crippen molar-refractivity contribution in [3.8, 4) is 0 Å². The molecule has 2 fully saturated rings. The predicted molar refractivity (Wildman–Crippen MR) is 115 cm³/mol. The van der Waals surface area contributed by atoms with Crippen LogP contribution in [0.15, 0.2) is 29.6 Å². The van der Waals surface area contributed by atoms with Gasteiger partial charge in [-0.05, 0) is 43.5 Å². The average Bonchev–Trinajstić information content (AvgIpc) is 3.20. The van der Waals surface area contributed by atoms with E-state index in [1.54, 1.807) is 29.5 Å². The molecule has 1 amide bonds. The number of benzene rings is 1. The molecule has 5 nitrogen and oxygen atoms in total. The Kier molecular flexibility index (Phi) is 6.45. The molecule has 0 unspecified atom stereocenters. The molecule has 0 radical (unpaired) electrons. The molecule has 4 rings (SSSR count). The summed E-state index contributed by atoms with van der Waals surface area (Å²) < 4.78 is 13.8. The van der Waals surface area contributed by atoms with Crippen LogP contribution in [0, 0.1) is 11.7 Å². The van der Waals surface area contributed by atoms with Gasteiger partial charge in [-0.15, -0.1) is 11.3 Å². The van der Waals surface area contributed by atoms with Crippen LogP contribution in [0.25, 0.3) is 0 Å². The molecule has 1 aromatic carbocycles. The van der Waals surface area contributed by atoms with Crippen LogP contribution in [0.1, 0.15) is 31.0 Å². The minimum Gasteiger partial charge on any atom is -0.345 e. The summed E-state index contributed by atoms with van der Waals surface area (Å²) in [6.45, 7) is 8.46. The van der Waals surface area contributed by atoms with Crippen molar-refractivity contribution in [2.75, 3.05) is 44.2 Å². The topological polar surface area (TPSA) is 39.7 Å². The number of rotatable bonds is 5. The highest BCUT2D eigenvalue weighted by Gasteiger charge is 2.24. The zero-order chi connectivity index (χ0) is 20.2. The van der Waals surface area contributed by atoms with E-state index in [-0.39, 0.29) is 18.1 Å². The van der Waals surface area contributed by atoms with Crippen LogP contribution in [0.3, 0.4) is 0 Å². The smallest absolute Gasteiger partial charge is 0.227 e. The number of anilines is 1. The second kappa shape index (κ2) is 9.22. The maximum atomic E-state index is 13.8. The van der Waals surface area contributed by atoms with Crippen LogP contribution in [0.4, 0.5) is 9.52 Å². The zero-order valence-electron chi connectivity index (χ0n) is 17.0. The Balaban J connectivity index is 1.27. The van der Waals surface area contributed by atoms with Gasteiger partial charge in [0.2, 0.25) is 5.91 Å². The highest BCUT2D eigenvalue weighted by Crippen LogP contribution is 2.24. The van der Waals surface area contributed by atoms with E-state index in [0.717, 1.165) is 49.5 Å². The largest absolute Gasteiger partial charge is 0.345 e. The number of carbonyl (C=O) groups excluding carboxylic acids is 1. The Morgan fingerprint density at radius 2 is 1.86 bits per heavy atom. The first-order valence-corrected chi connectivity index (χ1v) is 11.4. The molecule has 2 aliphatic rings. The van der Waals surface area contributed by atoms with E-state index in [0.29, 0.717) is 18.7 Å². The lowest BCUT2D eigenvalue weighted by Crippen LogP contribution is -2.49. The number of hydrogen-bond donors (Lipinski definition) is 0. The molecule has 29 heavy (non-hydrogen) atoms. The van der Waals surface area contributed by atoms with Gasteiger partial charge in [0.05, 0.1) is 12.1 Å². The van der Waals surface area contributed by atoms with E-state index in [2.05, 4.69) is 22.1 Å². The molecular weight excluding hydrogens is 387 g/mol. The lowest BCUT2D eigenvalue weighted by Gasteiger charge is -2.34. The molecule has 0 atom stereocenters. The number of aromatic nitrogens is 1. The van der Waals surface area contributed by atoms with E-state index in [9.17, 15) is 9.18 Å². The molecule has 0 aliphatic carbocycles. The molecule has 156 valence electrons. The van der Waals surface area contributed by atoms with E-state index in [1.807, 2.05) is 4.90 Å². The third-order valence-electron chi connectivity index (χ3n) is 6.00. The first-order chi connectivity index (χ1) is 14.1.